The molecule has 3 rings (SSSR count). The van der Waals surface area contributed by atoms with Crippen LogP contribution in [-0.4, -0.2) is 27.0 Å². The molecule has 0 heterocycles. The zero-order chi connectivity index (χ0) is 18.7. The van der Waals surface area contributed by atoms with Gasteiger partial charge in [-0.25, -0.2) is 13.1 Å². The fraction of sp³-hybridized carbons (Fsp3) is 0.278. The van der Waals surface area contributed by atoms with Crippen molar-refractivity contribution >= 4 is 33.2 Å². The topological polar surface area (TPSA) is 84.5 Å². The first-order valence-electron chi connectivity index (χ1n) is 8.15. The average molecular weight is 395 g/mol. The molecular weight excluding hydrogens is 376 g/mol. The normalized spacial score (nSPS) is 14.1. The SMILES string of the molecule is Cc1cc(Cl)ccc1OCC(=O)Nc1cccc(S(=O)(=O)NC2CC2)c1. The van der Waals surface area contributed by atoms with Gasteiger partial charge in [-0.05, 0) is 61.7 Å². The Hall–Kier alpha value is -2.09. The zero-order valence-corrected chi connectivity index (χ0v) is 15.7. The van der Waals surface area contributed by atoms with E-state index in [0.717, 1.165) is 18.4 Å². The molecule has 0 saturated heterocycles. The third kappa shape index (κ3) is 4.97. The van der Waals surface area contributed by atoms with Gasteiger partial charge >= 0.3 is 0 Å². The maximum atomic E-state index is 12.2. The van der Waals surface area contributed by atoms with Gasteiger partial charge in [0.25, 0.3) is 5.91 Å². The molecule has 0 spiro atoms. The van der Waals surface area contributed by atoms with Crippen LogP contribution in [0.2, 0.25) is 5.02 Å². The number of hydrogen-bond donors (Lipinski definition) is 2. The molecule has 0 aliphatic heterocycles. The molecule has 2 aromatic rings. The number of ether oxygens (including phenoxy) is 1. The second-order valence-corrected chi connectivity index (χ2v) is 8.32. The number of nitrogens with one attached hydrogen (secondary N) is 2. The molecule has 2 aromatic carbocycles. The van der Waals surface area contributed by atoms with Gasteiger partial charge in [-0.15, -0.1) is 0 Å². The van der Waals surface area contributed by atoms with Gasteiger partial charge in [-0.2, -0.15) is 0 Å². The predicted octanol–water partition coefficient (Wildman–Crippen LogP) is 3.11. The van der Waals surface area contributed by atoms with Crippen molar-refractivity contribution in [2.45, 2.75) is 30.7 Å². The Bertz CT molecular complexity index is 927. The molecule has 0 bridgehead atoms. The Morgan fingerprint density at radius 3 is 2.69 bits per heavy atom. The van der Waals surface area contributed by atoms with E-state index < -0.39 is 10.0 Å². The standard InChI is InChI=1S/C18H19ClN2O4S/c1-12-9-13(19)5-8-17(12)25-11-18(22)20-15-3-2-4-16(10-15)26(23,24)21-14-6-7-14/h2-5,8-10,14,21H,6-7,11H2,1H3,(H,20,22). The number of benzene rings is 2. The summed E-state index contributed by atoms with van der Waals surface area (Å²) in [6, 6.07) is 11.3. The van der Waals surface area contributed by atoms with Crippen LogP contribution in [0.25, 0.3) is 0 Å². The number of amides is 1. The summed E-state index contributed by atoms with van der Waals surface area (Å²) in [4.78, 5) is 12.2. The molecule has 0 aromatic heterocycles. The fourth-order valence-corrected chi connectivity index (χ4v) is 3.92. The van der Waals surface area contributed by atoms with E-state index in [0.29, 0.717) is 16.5 Å². The predicted molar refractivity (Wildman–Crippen MR) is 100 cm³/mol. The summed E-state index contributed by atoms with van der Waals surface area (Å²) >= 11 is 5.88. The van der Waals surface area contributed by atoms with Crippen molar-refractivity contribution in [3.63, 3.8) is 0 Å². The molecule has 1 aliphatic rings. The van der Waals surface area contributed by atoms with E-state index in [4.69, 9.17) is 16.3 Å². The number of sulfonamides is 1. The Kier molecular flexibility index (Phi) is 5.50. The summed E-state index contributed by atoms with van der Waals surface area (Å²) in [6.07, 6.45) is 1.72. The van der Waals surface area contributed by atoms with Crippen LogP contribution >= 0.6 is 11.6 Å². The minimum atomic E-state index is -3.57. The first kappa shape index (κ1) is 18.7. The molecule has 0 radical (unpaired) electrons. The lowest BCUT2D eigenvalue weighted by Crippen LogP contribution is -2.26. The highest BCUT2D eigenvalue weighted by Crippen LogP contribution is 2.24. The molecule has 0 atom stereocenters. The van der Waals surface area contributed by atoms with E-state index in [1.54, 1.807) is 30.3 Å². The Labute approximate surface area is 157 Å². The number of anilines is 1. The van der Waals surface area contributed by atoms with E-state index in [-0.39, 0.29) is 23.5 Å². The van der Waals surface area contributed by atoms with Crippen molar-refractivity contribution in [1.29, 1.82) is 0 Å². The van der Waals surface area contributed by atoms with Crippen molar-refractivity contribution in [2.24, 2.45) is 0 Å². The number of rotatable bonds is 7. The van der Waals surface area contributed by atoms with Crippen molar-refractivity contribution in [3.8, 4) is 5.75 Å². The van der Waals surface area contributed by atoms with Crippen LogP contribution in [0.1, 0.15) is 18.4 Å². The molecule has 1 fully saturated rings. The Morgan fingerprint density at radius 2 is 2.00 bits per heavy atom. The molecule has 1 amide bonds. The van der Waals surface area contributed by atoms with E-state index in [9.17, 15) is 13.2 Å². The van der Waals surface area contributed by atoms with Gasteiger partial charge in [-0.3, -0.25) is 4.79 Å². The van der Waals surface area contributed by atoms with Gasteiger partial charge in [0, 0.05) is 16.8 Å². The summed E-state index contributed by atoms with van der Waals surface area (Å²) in [5.41, 5.74) is 1.22. The lowest BCUT2D eigenvalue weighted by Gasteiger charge is -2.11. The summed E-state index contributed by atoms with van der Waals surface area (Å²) in [5.74, 6) is 0.179. The van der Waals surface area contributed by atoms with Gasteiger partial charge in [0.2, 0.25) is 10.0 Å². The minimum absolute atomic E-state index is 0.0225. The van der Waals surface area contributed by atoms with Crippen LogP contribution in [-0.2, 0) is 14.8 Å². The lowest BCUT2D eigenvalue weighted by molar-refractivity contribution is -0.118. The molecule has 138 valence electrons. The summed E-state index contributed by atoms with van der Waals surface area (Å²) in [6.45, 7) is 1.64. The highest BCUT2D eigenvalue weighted by atomic mass is 35.5. The summed E-state index contributed by atoms with van der Waals surface area (Å²) < 4.78 is 32.6. The van der Waals surface area contributed by atoms with Crippen molar-refractivity contribution in [3.05, 3.63) is 53.1 Å². The van der Waals surface area contributed by atoms with E-state index in [1.165, 1.54) is 12.1 Å². The van der Waals surface area contributed by atoms with Crippen molar-refractivity contribution in [2.75, 3.05) is 11.9 Å². The Morgan fingerprint density at radius 1 is 1.23 bits per heavy atom. The van der Waals surface area contributed by atoms with E-state index in [2.05, 4.69) is 10.0 Å². The molecule has 6 nitrogen and oxygen atoms in total. The van der Waals surface area contributed by atoms with Gasteiger partial charge in [0.15, 0.2) is 6.61 Å². The van der Waals surface area contributed by atoms with E-state index >= 15 is 0 Å². The molecule has 2 N–H and O–H groups in total. The largest absolute Gasteiger partial charge is 0.483 e. The number of carbonyl (C=O) groups is 1. The van der Waals surface area contributed by atoms with Gasteiger partial charge in [0.05, 0.1) is 4.90 Å². The van der Waals surface area contributed by atoms with Crippen molar-refractivity contribution < 1.29 is 17.9 Å². The number of hydrogen-bond acceptors (Lipinski definition) is 4. The van der Waals surface area contributed by atoms with Crippen LogP contribution in [0, 0.1) is 6.92 Å². The maximum Gasteiger partial charge on any atom is 0.262 e. The molecular formula is C18H19ClN2O4S. The maximum absolute atomic E-state index is 12.2. The zero-order valence-electron chi connectivity index (χ0n) is 14.2. The fourth-order valence-electron chi connectivity index (χ4n) is 2.34. The van der Waals surface area contributed by atoms with Gasteiger partial charge < -0.3 is 10.1 Å². The van der Waals surface area contributed by atoms with Crippen LogP contribution in [0.4, 0.5) is 5.69 Å². The molecule has 26 heavy (non-hydrogen) atoms. The second kappa shape index (κ2) is 7.65. The van der Waals surface area contributed by atoms with Crippen LogP contribution in [0.15, 0.2) is 47.4 Å². The first-order chi connectivity index (χ1) is 12.3. The smallest absolute Gasteiger partial charge is 0.262 e. The van der Waals surface area contributed by atoms with Gasteiger partial charge in [0.1, 0.15) is 5.75 Å². The lowest BCUT2D eigenvalue weighted by atomic mass is 10.2. The third-order valence-corrected chi connectivity index (χ3v) is 5.58. The highest BCUT2D eigenvalue weighted by molar-refractivity contribution is 7.89. The van der Waals surface area contributed by atoms with Crippen molar-refractivity contribution in [1.82, 2.24) is 4.72 Å². The van der Waals surface area contributed by atoms with Crippen LogP contribution < -0.4 is 14.8 Å². The third-order valence-electron chi connectivity index (χ3n) is 3.82. The molecule has 0 unspecified atom stereocenters. The first-order valence-corrected chi connectivity index (χ1v) is 10.0. The van der Waals surface area contributed by atoms with E-state index in [1.807, 2.05) is 6.92 Å². The molecule has 8 heteroatoms. The van der Waals surface area contributed by atoms with Crippen LogP contribution in [0.3, 0.4) is 0 Å². The molecule has 1 aliphatic carbocycles. The number of aryl methyl sites for hydroxylation is 1. The van der Waals surface area contributed by atoms with Crippen LogP contribution in [0.5, 0.6) is 5.75 Å². The quantitative estimate of drug-likeness (QED) is 0.755. The summed E-state index contributed by atoms with van der Waals surface area (Å²) in [7, 11) is -3.57. The average Bonchev–Trinajstić information content (AvgIpc) is 3.37. The Balaban J connectivity index is 1.61. The molecule has 1 saturated carbocycles. The minimum Gasteiger partial charge on any atom is -0.483 e. The monoisotopic (exact) mass is 394 g/mol. The summed E-state index contributed by atoms with van der Waals surface area (Å²) in [5, 5.41) is 3.24. The highest BCUT2D eigenvalue weighted by Gasteiger charge is 2.28. The number of halogens is 1. The second-order valence-electron chi connectivity index (χ2n) is 6.17. The van der Waals surface area contributed by atoms with Gasteiger partial charge in [-0.1, -0.05) is 17.7 Å². The number of carbonyl (C=O) groups excluding carboxylic acids is 1.